The summed E-state index contributed by atoms with van der Waals surface area (Å²) in [6.07, 6.45) is 1.45. The second kappa shape index (κ2) is 9.65. The van der Waals surface area contributed by atoms with E-state index in [2.05, 4.69) is 10.5 Å². The van der Waals surface area contributed by atoms with E-state index in [1.807, 2.05) is 30.3 Å². The lowest BCUT2D eigenvalue weighted by molar-refractivity contribution is -0.384. The van der Waals surface area contributed by atoms with Gasteiger partial charge in [-0.1, -0.05) is 30.3 Å². The summed E-state index contributed by atoms with van der Waals surface area (Å²) in [5.74, 6) is 0.517. The molecular weight excluding hydrogens is 426 g/mol. The molecular formula is C24H19N3O6. The Morgan fingerprint density at radius 1 is 1.09 bits per heavy atom. The van der Waals surface area contributed by atoms with E-state index < -0.39 is 10.8 Å². The van der Waals surface area contributed by atoms with Crippen molar-refractivity contribution in [2.75, 3.05) is 7.11 Å². The van der Waals surface area contributed by atoms with Gasteiger partial charge in [0.1, 0.15) is 12.2 Å². The largest absolute Gasteiger partial charge is 0.493 e. The molecule has 1 aromatic heterocycles. The molecule has 0 bridgehead atoms. The zero-order chi connectivity index (χ0) is 23.2. The Morgan fingerprint density at radius 2 is 1.91 bits per heavy atom. The molecule has 1 heterocycles. The van der Waals surface area contributed by atoms with Crippen molar-refractivity contribution in [1.29, 1.82) is 0 Å². The molecule has 3 aromatic carbocycles. The van der Waals surface area contributed by atoms with Crippen molar-refractivity contribution in [3.05, 3.63) is 99.8 Å². The molecule has 0 spiro atoms. The third-order valence-corrected chi connectivity index (χ3v) is 4.74. The minimum Gasteiger partial charge on any atom is -0.493 e. The van der Waals surface area contributed by atoms with Gasteiger partial charge in [-0.3, -0.25) is 14.9 Å². The van der Waals surface area contributed by atoms with Crippen molar-refractivity contribution in [2.45, 2.75) is 6.61 Å². The van der Waals surface area contributed by atoms with Gasteiger partial charge in [0.05, 0.1) is 18.2 Å². The van der Waals surface area contributed by atoms with Crippen LogP contribution in [-0.4, -0.2) is 24.2 Å². The maximum Gasteiger partial charge on any atom is 0.307 e. The fourth-order valence-corrected chi connectivity index (χ4v) is 3.10. The van der Waals surface area contributed by atoms with Gasteiger partial charge in [0.2, 0.25) is 0 Å². The molecule has 0 aliphatic heterocycles. The second-order valence-corrected chi connectivity index (χ2v) is 6.97. The van der Waals surface area contributed by atoms with E-state index in [1.165, 1.54) is 30.5 Å². The van der Waals surface area contributed by atoms with Crippen LogP contribution in [0.15, 0.2) is 82.3 Å². The number of nitro groups is 1. The number of hydrazone groups is 1. The summed E-state index contributed by atoms with van der Waals surface area (Å²) >= 11 is 0. The third-order valence-electron chi connectivity index (χ3n) is 4.74. The average molecular weight is 445 g/mol. The molecule has 4 aromatic rings. The van der Waals surface area contributed by atoms with Crippen LogP contribution in [0.1, 0.15) is 21.7 Å². The molecule has 0 aliphatic carbocycles. The van der Waals surface area contributed by atoms with Crippen molar-refractivity contribution in [1.82, 2.24) is 5.43 Å². The Morgan fingerprint density at radius 3 is 2.67 bits per heavy atom. The highest BCUT2D eigenvalue weighted by Gasteiger charge is 2.14. The highest BCUT2D eigenvalue weighted by atomic mass is 16.6. The quantitative estimate of drug-likeness (QED) is 0.239. The SMILES string of the molecule is COc1cc(/C=N/NC(=O)c2cc3cc([N+](=O)[O-])ccc3o2)ccc1OCc1ccccc1. The lowest BCUT2D eigenvalue weighted by Gasteiger charge is -2.11. The van der Waals surface area contributed by atoms with E-state index in [-0.39, 0.29) is 11.4 Å². The Hall–Kier alpha value is -4.66. The molecule has 0 radical (unpaired) electrons. The van der Waals surface area contributed by atoms with Gasteiger partial charge >= 0.3 is 5.91 Å². The van der Waals surface area contributed by atoms with Crippen molar-refractivity contribution < 1.29 is 23.6 Å². The number of hydrogen-bond donors (Lipinski definition) is 1. The van der Waals surface area contributed by atoms with E-state index in [4.69, 9.17) is 13.9 Å². The molecule has 0 atom stereocenters. The number of rotatable bonds is 8. The number of nitrogens with zero attached hydrogens (tertiary/aromatic N) is 2. The summed E-state index contributed by atoms with van der Waals surface area (Å²) in [7, 11) is 1.54. The maximum absolute atomic E-state index is 12.3. The van der Waals surface area contributed by atoms with Gasteiger partial charge in [0.25, 0.3) is 5.69 Å². The number of methoxy groups -OCH3 is 1. The standard InChI is InChI=1S/C24H19N3O6/c1-31-22-11-17(7-9-21(22)32-15-16-5-3-2-4-6-16)14-25-26-24(28)23-13-18-12-19(27(29)30)8-10-20(18)33-23/h2-14H,15H2,1H3,(H,26,28)/b25-14+. The first kappa shape index (κ1) is 21.6. The predicted octanol–water partition coefficient (Wildman–Crippen LogP) is 4.69. The first-order chi connectivity index (χ1) is 16.0. The number of carbonyl (C=O) groups is 1. The monoisotopic (exact) mass is 445 g/mol. The summed E-state index contributed by atoms with van der Waals surface area (Å²) in [6, 6.07) is 20.6. The first-order valence-electron chi connectivity index (χ1n) is 9.89. The van der Waals surface area contributed by atoms with Crippen molar-refractivity contribution >= 4 is 28.8 Å². The van der Waals surface area contributed by atoms with Crippen LogP contribution in [0, 0.1) is 10.1 Å². The minimum absolute atomic E-state index is 0.00936. The molecule has 1 amide bonds. The van der Waals surface area contributed by atoms with Crippen LogP contribution in [-0.2, 0) is 6.61 Å². The molecule has 166 valence electrons. The van der Waals surface area contributed by atoms with E-state index in [1.54, 1.807) is 25.3 Å². The molecule has 1 N–H and O–H groups in total. The first-order valence-corrected chi connectivity index (χ1v) is 9.89. The van der Waals surface area contributed by atoms with Crippen LogP contribution < -0.4 is 14.9 Å². The summed E-state index contributed by atoms with van der Waals surface area (Å²) in [4.78, 5) is 22.7. The molecule has 0 saturated carbocycles. The van der Waals surface area contributed by atoms with Gasteiger partial charge < -0.3 is 13.9 Å². The molecule has 0 saturated heterocycles. The van der Waals surface area contributed by atoms with Crippen LogP contribution in [0.4, 0.5) is 5.69 Å². The second-order valence-electron chi connectivity index (χ2n) is 6.97. The smallest absolute Gasteiger partial charge is 0.307 e. The van der Waals surface area contributed by atoms with Crippen LogP contribution in [0.5, 0.6) is 11.5 Å². The molecule has 9 heteroatoms. The molecule has 9 nitrogen and oxygen atoms in total. The number of carbonyl (C=O) groups excluding carboxylic acids is 1. The Balaban J connectivity index is 1.40. The van der Waals surface area contributed by atoms with Gasteiger partial charge in [0, 0.05) is 17.5 Å². The number of furan rings is 1. The fraction of sp³-hybridized carbons (Fsp3) is 0.0833. The number of benzene rings is 3. The summed E-state index contributed by atoms with van der Waals surface area (Å²) in [5.41, 5.74) is 4.37. The van der Waals surface area contributed by atoms with E-state index >= 15 is 0 Å². The molecule has 33 heavy (non-hydrogen) atoms. The van der Waals surface area contributed by atoms with Crippen LogP contribution in [0.2, 0.25) is 0 Å². The number of ether oxygens (including phenoxy) is 2. The zero-order valence-corrected chi connectivity index (χ0v) is 17.6. The molecule has 4 rings (SSSR count). The number of non-ortho nitro benzene ring substituents is 1. The van der Waals surface area contributed by atoms with Gasteiger partial charge in [-0.15, -0.1) is 0 Å². The van der Waals surface area contributed by atoms with E-state index in [0.717, 1.165) is 5.56 Å². The Kier molecular flexibility index (Phi) is 6.31. The van der Waals surface area contributed by atoms with Crippen LogP contribution >= 0.6 is 0 Å². The van der Waals surface area contributed by atoms with Gasteiger partial charge in [0.15, 0.2) is 17.3 Å². The number of nitro benzene ring substituents is 1. The van der Waals surface area contributed by atoms with Gasteiger partial charge in [-0.25, -0.2) is 5.43 Å². The maximum atomic E-state index is 12.3. The number of nitrogens with one attached hydrogen (secondary N) is 1. The summed E-state index contributed by atoms with van der Waals surface area (Å²) in [6.45, 7) is 0.404. The normalized spacial score (nSPS) is 10.9. The van der Waals surface area contributed by atoms with Crippen LogP contribution in [0.25, 0.3) is 11.0 Å². The lowest BCUT2D eigenvalue weighted by atomic mass is 10.2. The zero-order valence-electron chi connectivity index (χ0n) is 17.6. The Bertz CT molecular complexity index is 1330. The van der Waals surface area contributed by atoms with Gasteiger partial charge in [-0.05, 0) is 41.5 Å². The van der Waals surface area contributed by atoms with Crippen molar-refractivity contribution in [2.24, 2.45) is 5.10 Å². The predicted molar refractivity (Wildman–Crippen MR) is 122 cm³/mol. The number of fused-ring (bicyclic) bond motifs is 1. The summed E-state index contributed by atoms with van der Waals surface area (Å²) in [5, 5.41) is 15.3. The van der Waals surface area contributed by atoms with Crippen molar-refractivity contribution in [3.63, 3.8) is 0 Å². The fourth-order valence-electron chi connectivity index (χ4n) is 3.10. The third kappa shape index (κ3) is 5.16. The average Bonchev–Trinajstić information content (AvgIpc) is 3.27. The van der Waals surface area contributed by atoms with Gasteiger partial charge in [-0.2, -0.15) is 5.10 Å². The molecule has 0 aliphatic rings. The Labute approximate surface area is 188 Å². The highest BCUT2D eigenvalue weighted by molar-refractivity contribution is 5.97. The van der Waals surface area contributed by atoms with E-state index in [0.29, 0.717) is 34.6 Å². The summed E-state index contributed by atoms with van der Waals surface area (Å²) < 4.78 is 16.7. The topological polar surface area (TPSA) is 116 Å². The van der Waals surface area contributed by atoms with Crippen molar-refractivity contribution in [3.8, 4) is 11.5 Å². The van der Waals surface area contributed by atoms with Crippen LogP contribution in [0.3, 0.4) is 0 Å². The lowest BCUT2D eigenvalue weighted by Crippen LogP contribution is -2.16. The van der Waals surface area contributed by atoms with E-state index in [9.17, 15) is 14.9 Å². The highest BCUT2D eigenvalue weighted by Crippen LogP contribution is 2.28. The number of amides is 1. The molecule has 0 unspecified atom stereocenters. The molecule has 0 fully saturated rings. The number of hydrogen-bond acceptors (Lipinski definition) is 7. The minimum atomic E-state index is -0.583.